The third-order valence-corrected chi connectivity index (χ3v) is 5.07. The molecular formula is C22H21ClN4O4. The minimum Gasteiger partial charge on any atom is -0.339 e. The Morgan fingerprint density at radius 3 is 2.48 bits per heavy atom. The molecule has 8 nitrogen and oxygen atoms in total. The number of nitrogens with zero attached hydrogens (tertiary/aromatic N) is 2. The van der Waals surface area contributed by atoms with Crippen molar-refractivity contribution >= 4 is 29.1 Å². The van der Waals surface area contributed by atoms with E-state index in [0.29, 0.717) is 11.3 Å². The molecule has 31 heavy (non-hydrogen) atoms. The smallest absolute Gasteiger partial charge is 0.269 e. The molecule has 0 saturated heterocycles. The lowest BCUT2D eigenvalue weighted by Gasteiger charge is -2.22. The van der Waals surface area contributed by atoms with Crippen LogP contribution >= 0.6 is 11.6 Å². The van der Waals surface area contributed by atoms with Crippen molar-refractivity contribution in [1.82, 2.24) is 14.7 Å². The summed E-state index contributed by atoms with van der Waals surface area (Å²) in [6.07, 6.45) is 0. The van der Waals surface area contributed by atoms with Gasteiger partial charge in [0.2, 0.25) is 0 Å². The quantitative estimate of drug-likeness (QED) is 0.636. The maximum atomic E-state index is 12.8. The van der Waals surface area contributed by atoms with E-state index in [-0.39, 0.29) is 28.2 Å². The Kier molecular flexibility index (Phi) is 6.41. The van der Waals surface area contributed by atoms with Crippen molar-refractivity contribution < 1.29 is 9.59 Å². The molecule has 0 spiro atoms. The van der Waals surface area contributed by atoms with Gasteiger partial charge in [-0.2, -0.15) is 0 Å². The van der Waals surface area contributed by atoms with Crippen LogP contribution < -0.4 is 16.4 Å². The first kappa shape index (κ1) is 22.0. The van der Waals surface area contributed by atoms with Crippen LogP contribution in [0.1, 0.15) is 34.6 Å². The van der Waals surface area contributed by atoms with Crippen molar-refractivity contribution in [2.24, 2.45) is 0 Å². The average molecular weight is 441 g/mol. The summed E-state index contributed by atoms with van der Waals surface area (Å²) in [7, 11) is 1.70. The lowest BCUT2D eigenvalue weighted by molar-refractivity contribution is 0.0754. The van der Waals surface area contributed by atoms with Crippen molar-refractivity contribution in [3.05, 3.63) is 91.5 Å². The molecule has 9 heteroatoms. The van der Waals surface area contributed by atoms with Crippen LogP contribution in [0.5, 0.6) is 0 Å². The fraction of sp³-hybridized carbons (Fsp3) is 0.182. The summed E-state index contributed by atoms with van der Waals surface area (Å²) < 4.78 is 1.05. The summed E-state index contributed by atoms with van der Waals surface area (Å²) >= 11 is 6.22. The van der Waals surface area contributed by atoms with Gasteiger partial charge < -0.3 is 10.2 Å². The number of aromatic amines is 1. The lowest BCUT2D eigenvalue weighted by atomic mass is 10.1. The third kappa shape index (κ3) is 4.92. The van der Waals surface area contributed by atoms with Gasteiger partial charge in [-0.05, 0) is 50.2 Å². The lowest BCUT2D eigenvalue weighted by Crippen LogP contribution is -2.33. The van der Waals surface area contributed by atoms with E-state index < -0.39 is 17.0 Å². The number of anilines is 1. The van der Waals surface area contributed by atoms with Crippen molar-refractivity contribution in [2.45, 2.75) is 19.9 Å². The van der Waals surface area contributed by atoms with E-state index in [4.69, 9.17) is 11.6 Å². The highest BCUT2D eigenvalue weighted by molar-refractivity contribution is 6.34. The molecule has 2 aromatic carbocycles. The molecule has 2 amide bonds. The number of nitrogens with one attached hydrogen (secondary N) is 2. The third-order valence-electron chi connectivity index (χ3n) is 4.74. The van der Waals surface area contributed by atoms with Crippen molar-refractivity contribution in [2.75, 3.05) is 12.4 Å². The number of hydrogen-bond donors (Lipinski definition) is 2. The standard InChI is InChI=1S/C22H21ClN4O4/c1-13(2)26(3)22(31)15-7-8-17(23)18(12-15)24-21(30)14-5-4-6-16(11-14)27-20(29)10-9-19(28)25-27/h4-13H,1-3H3,(H,24,30)(H,25,28). The van der Waals surface area contributed by atoms with Gasteiger partial charge in [-0.15, -0.1) is 0 Å². The van der Waals surface area contributed by atoms with Crippen molar-refractivity contribution in [3.63, 3.8) is 0 Å². The Bertz CT molecular complexity index is 1260. The number of aromatic nitrogens is 2. The number of benzene rings is 2. The molecule has 0 unspecified atom stereocenters. The number of hydrogen-bond acceptors (Lipinski definition) is 4. The molecule has 3 aromatic rings. The molecule has 0 fully saturated rings. The first-order valence-electron chi connectivity index (χ1n) is 9.48. The molecule has 0 aliphatic heterocycles. The van der Waals surface area contributed by atoms with E-state index in [1.54, 1.807) is 42.3 Å². The molecule has 160 valence electrons. The fourth-order valence-electron chi connectivity index (χ4n) is 2.79. The summed E-state index contributed by atoms with van der Waals surface area (Å²) in [6.45, 7) is 3.80. The second-order valence-corrected chi connectivity index (χ2v) is 7.60. The van der Waals surface area contributed by atoms with Gasteiger partial charge in [0.25, 0.3) is 22.9 Å². The van der Waals surface area contributed by atoms with Crippen molar-refractivity contribution in [1.29, 1.82) is 0 Å². The van der Waals surface area contributed by atoms with Crippen LogP contribution in [-0.2, 0) is 0 Å². The number of H-pyrrole nitrogens is 1. The Balaban J connectivity index is 1.89. The molecule has 3 rings (SSSR count). The Morgan fingerprint density at radius 1 is 1.03 bits per heavy atom. The van der Waals surface area contributed by atoms with Crippen LogP contribution in [0.15, 0.2) is 64.2 Å². The second-order valence-electron chi connectivity index (χ2n) is 7.19. The number of amides is 2. The summed E-state index contributed by atoms with van der Waals surface area (Å²) in [6, 6.07) is 13.1. The molecule has 1 heterocycles. The summed E-state index contributed by atoms with van der Waals surface area (Å²) in [5, 5.41) is 5.38. The highest BCUT2D eigenvalue weighted by Crippen LogP contribution is 2.25. The maximum absolute atomic E-state index is 12.8. The van der Waals surface area contributed by atoms with Crippen LogP contribution in [0.4, 0.5) is 5.69 Å². The maximum Gasteiger partial charge on any atom is 0.269 e. The molecule has 0 aliphatic carbocycles. The van der Waals surface area contributed by atoms with Gasteiger partial charge in [0.1, 0.15) is 0 Å². The van der Waals surface area contributed by atoms with E-state index in [2.05, 4.69) is 10.4 Å². The highest BCUT2D eigenvalue weighted by Gasteiger charge is 2.17. The molecule has 0 atom stereocenters. The monoisotopic (exact) mass is 440 g/mol. The zero-order chi connectivity index (χ0) is 22.7. The Labute approximate surface area is 183 Å². The SMILES string of the molecule is CC(C)N(C)C(=O)c1ccc(Cl)c(NC(=O)c2cccc(-n3[nH]c(=O)ccc3=O)c2)c1. The minimum absolute atomic E-state index is 0.0109. The topological polar surface area (TPSA) is 104 Å². The first-order valence-corrected chi connectivity index (χ1v) is 9.86. The fourth-order valence-corrected chi connectivity index (χ4v) is 2.95. The van der Waals surface area contributed by atoms with Gasteiger partial charge in [0.15, 0.2) is 0 Å². The molecule has 0 radical (unpaired) electrons. The molecule has 0 saturated carbocycles. The largest absolute Gasteiger partial charge is 0.339 e. The number of carbonyl (C=O) groups is 2. The highest BCUT2D eigenvalue weighted by atomic mass is 35.5. The summed E-state index contributed by atoms with van der Waals surface area (Å²) in [4.78, 5) is 50.5. The molecule has 0 bridgehead atoms. The van der Waals surface area contributed by atoms with Crippen LogP contribution in [0.3, 0.4) is 0 Å². The number of carbonyl (C=O) groups excluding carboxylic acids is 2. The van der Waals surface area contributed by atoms with Gasteiger partial charge in [0.05, 0.1) is 16.4 Å². The van der Waals surface area contributed by atoms with Gasteiger partial charge in [0, 0.05) is 36.3 Å². The second kappa shape index (κ2) is 9.01. The van der Waals surface area contributed by atoms with E-state index in [1.807, 2.05) is 13.8 Å². The first-order chi connectivity index (χ1) is 14.7. The van der Waals surface area contributed by atoms with Crippen LogP contribution in [0, 0.1) is 0 Å². The molecule has 1 aromatic heterocycles. The van der Waals surface area contributed by atoms with Crippen molar-refractivity contribution in [3.8, 4) is 5.69 Å². The predicted molar refractivity (Wildman–Crippen MR) is 119 cm³/mol. The average Bonchev–Trinajstić information content (AvgIpc) is 2.75. The summed E-state index contributed by atoms with van der Waals surface area (Å²) in [5.74, 6) is -0.687. The van der Waals surface area contributed by atoms with Crippen LogP contribution in [0.2, 0.25) is 5.02 Å². The molecule has 2 N–H and O–H groups in total. The van der Waals surface area contributed by atoms with Gasteiger partial charge in [-0.1, -0.05) is 17.7 Å². The zero-order valence-electron chi connectivity index (χ0n) is 17.2. The Morgan fingerprint density at radius 2 is 1.77 bits per heavy atom. The predicted octanol–water partition coefficient (Wildman–Crippen LogP) is 2.91. The van der Waals surface area contributed by atoms with Gasteiger partial charge in [-0.3, -0.25) is 24.3 Å². The normalized spacial score (nSPS) is 10.7. The zero-order valence-corrected chi connectivity index (χ0v) is 17.9. The molecule has 0 aliphatic rings. The van der Waals surface area contributed by atoms with Crippen LogP contribution in [-0.4, -0.2) is 39.6 Å². The Hall–Kier alpha value is -3.65. The van der Waals surface area contributed by atoms with E-state index in [1.165, 1.54) is 12.1 Å². The minimum atomic E-state index is -0.489. The molecular weight excluding hydrogens is 420 g/mol. The number of rotatable bonds is 5. The van der Waals surface area contributed by atoms with Gasteiger partial charge in [-0.25, -0.2) is 4.68 Å². The number of halogens is 1. The van der Waals surface area contributed by atoms with Gasteiger partial charge >= 0.3 is 0 Å². The summed E-state index contributed by atoms with van der Waals surface area (Å²) in [5.41, 5.74) is 0.336. The van der Waals surface area contributed by atoms with Crippen LogP contribution in [0.25, 0.3) is 5.69 Å². The van der Waals surface area contributed by atoms with E-state index >= 15 is 0 Å². The van der Waals surface area contributed by atoms with E-state index in [0.717, 1.165) is 16.8 Å². The van der Waals surface area contributed by atoms with E-state index in [9.17, 15) is 19.2 Å².